The van der Waals surface area contributed by atoms with Gasteiger partial charge in [0.2, 0.25) is 0 Å². The van der Waals surface area contributed by atoms with Crippen LogP contribution in [-0.2, 0) is 0 Å². The SMILES string of the molecule is c1ccc(-c2nc3ccccc3nc2-c2ccc(-c3ccc(-c4ccncc4)c4ccccc34)c3ccccc23)cc1. The Bertz CT molecular complexity index is 2240. The highest BCUT2D eigenvalue weighted by Crippen LogP contribution is 2.42. The number of rotatable bonds is 4. The van der Waals surface area contributed by atoms with Gasteiger partial charge in [0.1, 0.15) is 0 Å². The molecule has 0 N–H and O–H groups in total. The molecule has 0 fully saturated rings. The maximum atomic E-state index is 5.20. The summed E-state index contributed by atoms with van der Waals surface area (Å²) in [6.45, 7) is 0. The number of hydrogen-bond donors (Lipinski definition) is 0. The summed E-state index contributed by atoms with van der Waals surface area (Å²) in [5.41, 5.74) is 10.5. The van der Waals surface area contributed by atoms with Gasteiger partial charge in [0, 0.05) is 23.5 Å². The fraction of sp³-hybridized carbons (Fsp3) is 0. The molecule has 0 spiro atoms. The number of nitrogens with zero attached hydrogens (tertiary/aromatic N) is 3. The molecule has 0 amide bonds. The van der Waals surface area contributed by atoms with E-state index >= 15 is 0 Å². The van der Waals surface area contributed by atoms with E-state index in [0.717, 1.165) is 44.5 Å². The third kappa shape index (κ3) is 4.03. The van der Waals surface area contributed by atoms with Crippen LogP contribution in [0.1, 0.15) is 0 Å². The van der Waals surface area contributed by atoms with Crippen molar-refractivity contribution in [3.63, 3.8) is 0 Å². The lowest BCUT2D eigenvalue weighted by molar-refractivity contribution is 1.30. The molecule has 0 aliphatic rings. The third-order valence-electron chi connectivity index (χ3n) is 8.00. The topological polar surface area (TPSA) is 38.7 Å². The maximum Gasteiger partial charge on any atom is 0.0979 e. The monoisotopic (exact) mass is 535 g/mol. The molecule has 8 aromatic rings. The Hall–Kier alpha value is -5.67. The first kappa shape index (κ1) is 24.2. The number of aromatic nitrogens is 3. The molecule has 0 saturated carbocycles. The van der Waals surface area contributed by atoms with Gasteiger partial charge in [-0.1, -0.05) is 115 Å². The minimum Gasteiger partial charge on any atom is -0.265 e. The number of fused-ring (bicyclic) bond motifs is 3. The van der Waals surface area contributed by atoms with E-state index in [9.17, 15) is 0 Å². The molecule has 0 bridgehead atoms. The van der Waals surface area contributed by atoms with Gasteiger partial charge in [-0.2, -0.15) is 0 Å². The van der Waals surface area contributed by atoms with E-state index < -0.39 is 0 Å². The molecule has 0 saturated heterocycles. The van der Waals surface area contributed by atoms with Gasteiger partial charge in [-0.25, -0.2) is 9.97 Å². The van der Waals surface area contributed by atoms with E-state index in [2.05, 4.69) is 114 Å². The fourth-order valence-electron chi connectivity index (χ4n) is 6.04. The van der Waals surface area contributed by atoms with E-state index in [4.69, 9.17) is 9.97 Å². The van der Waals surface area contributed by atoms with E-state index in [1.165, 1.54) is 32.8 Å². The number of pyridine rings is 1. The van der Waals surface area contributed by atoms with Crippen molar-refractivity contribution < 1.29 is 0 Å². The van der Waals surface area contributed by atoms with Crippen LogP contribution in [0.5, 0.6) is 0 Å². The zero-order chi connectivity index (χ0) is 27.9. The molecular formula is C39H25N3. The zero-order valence-electron chi connectivity index (χ0n) is 22.8. The molecule has 196 valence electrons. The van der Waals surface area contributed by atoms with Gasteiger partial charge >= 0.3 is 0 Å². The highest BCUT2D eigenvalue weighted by Gasteiger charge is 2.18. The molecule has 0 aliphatic heterocycles. The van der Waals surface area contributed by atoms with Crippen molar-refractivity contribution in [2.24, 2.45) is 0 Å². The second-order valence-electron chi connectivity index (χ2n) is 10.4. The standard InChI is InChI=1S/C39H25N3/c1-2-10-27(11-3-1)38-39(42-37-17-9-8-16-36(37)41-38)35-21-20-34(31-14-6-7-15-32(31)35)33-19-18-28(26-22-24-40-25-23-26)29-12-4-5-13-30(29)33/h1-25H. The van der Waals surface area contributed by atoms with Crippen LogP contribution in [-0.4, -0.2) is 15.0 Å². The molecule has 3 heteroatoms. The Morgan fingerprint density at radius 1 is 0.310 bits per heavy atom. The summed E-state index contributed by atoms with van der Waals surface area (Å²) in [4.78, 5) is 14.5. The molecule has 0 atom stereocenters. The normalized spacial score (nSPS) is 11.3. The predicted octanol–water partition coefficient (Wildman–Crippen LogP) is 10.00. The lowest BCUT2D eigenvalue weighted by Gasteiger charge is -2.17. The summed E-state index contributed by atoms with van der Waals surface area (Å²) in [5, 5.41) is 4.78. The lowest BCUT2D eigenvalue weighted by atomic mass is 9.88. The summed E-state index contributed by atoms with van der Waals surface area (Å²) in [6.07, 6.45) is 3.70. The average Bonchev–Trinajstić information content (AvgIpc) is 3.07. The Morgan fingerprint density at radius 3 is 1.38 bits per heavy atom. The van der Waals surface area contributed by atoms with Gasteiger partial charge in [0.15, 0.2) is 0 Å². The van der Waals surface area contributed by atoms with Gasteiger partial charge in [-0.3, -0.25) is 4.98 Å². The maximum absolute atomic E-state index is 5.20. The van der Waals surface area contributed by atoms with Crippen molar-refractivity contribution in [2.75, 3.05) is 0 Å². The van der Waals surface area contributed by atoms with Gasteiger partial charge in [-0.05, 0) is 68.1 Å². The van der Waals surface area contributed by atoms with Crippen molar-refractivity contribution in [3.05, 3.63) is 152 Å². The summed E-state index contributed by atoms with van der Waals surface area (Å²) in [6, 6.07) is 48.9. The minimum atomic E-state index is 0.887. The lowest BCUT2D eigenvalue weighted by Crippen LogP contribution is -1.96. The Balaban J connectivity index is 1.38. The van der Waals surface area contributed by atoms with Crippen LogP contribution >= 0.6 is 0 Å². The summed E-state index contributed by atoms with van der Waals surface area (Å²) >= 11 is 0. The minimum absolute atomic E-state index is 0.887. The van der Waals surface area contributed by atoms with E-state index in [-0.39, 0.29) is 0 Å². The van der Waals surface area contributed by atoms with Crippen LogP contribution in [0.4, 0.5) is 0 Å². The molecule has 8 rings (SSSR count). The van der Waals surface area contributed by atoms with Gasteiger partial charge in [-0.15, -0.1) is 0 Å². The molecule has 2 heterocycles. The molecule has 0 aliphatic carbocycles. The molecule has 3 nitrogen and oxygen atoms in total. The Morgan fingerprint density at radius 2 is 0.762 bits per heavy atom. The summed E-state index contributed by atoms with van der Waals surface area (Å²) < 4.78 is 0. The molecule has 0 unspecified atom stereocenters. The second kappa shape index (κ2) is 10.1. The van der Waals surface area contributed by atoms with Crippen molar-refractivity contribution >= 4 is 32.6 Å². The van der Waals surface area contributed by atoms with Crippen LogP contribution in [0.3, 0.4) is 0 Å². The number of benzene rings is 6. The highest BCUT2D eigenvalue weighted by atomic mass is 14.8. The van der Waals surface area contributed by atoms with Crippen molar-refractivity contribution in [3.8, 4) is 44.8 Å². The number of para-hydroxylation sites is 2. The molecule has 6 aromatic carbocycles. The van der Waals surface area contributed by atoms with Crippen molar-refractivity contribution in [1.29, 1.82) is 0 Å². The van der Waals surface area contributed by atoms with Gasteiger partial charge in [0.05, 0.1) is 22.4 Å². The molecule has 2 aromatic heterocycles. The zero-order valence-corrected chi connectivity index (χ0v) is 22.8. The summed E-state index contributed by atoms with van der Waals surface area (Å²) in [7, 11) is 0. The smallest absolute Gasteiger partial charge is 0.0979 e. The summed E-state index contributed by atoms with van der Waals surface area (Å²) in [5.74, 6) is 0. The van der Waals surface area contributed by atoms with Crippen molar-refractivity contribution in [2.45, 2.75) is 0 Å². The molecule has 0 radical (unpaired) electrons. The van der Waals surface area contributed by atoms with Crippen molar-refractivity contribution in [1.82, 2.24) is 15.0 Å². The van der Waals surface area contributed by atoms with Crippen LogP contribution in [0.2, 0.25) is 0 Å². The van der Waals surface area contributed by atoms with Crippen LogP contribution < -0.4 is 0 Å². The fourth-order valence-corrected chi connectivity index (χ4v) is 6.04. The first-order chi connectivity index (χ1) is 20.8. The van der Waals surface area contributed by atoms with E-state index in [1.807, 2.05) is 42.7 Å². The number of hydrogen-bond acceptors (Lipinski definition) is 3. The van der Waals surface area contributed by atoms with Crippen LogP contribution in [0, 0.1) is 0 Å². The quantitative estimate of drug-likeness (QED) is 0.225. The van der Waals surface area contributed by atoms with Gasteiger partial charge in [0.25, 0.3) is 0 Å². The largest absolute Gasteiger partial charge is 0.265 e. The molecule has 42 heavy (non-hydrogen) atoms. The Kier molecular flexibility index (Phi) is 5.79. The highest BCUT2D eigenvalue weighted by molar-refractivity contribution is 6.12. The van der Waals surface area contributed by atoms with Gasteiger partial charge < -0.3 is 0 Å². The Labute approximate surface area is 243 Å². The van der Waals surface area contributed by atoms with Crippen LogP contribution in [0.25, 0.3) is 77.3 Å². The second-order valence-corrected chi connectivity index (χ2v) is 10.4. The molecular weight excluding hydrogens is 510 g/mol. The first-order valence-electron chi connectivity index (χ1n) is 14.1. The van der Waals surface area contributed by atoms with E-state index in [1.54, 1.807) is 0 Å². The van der Waals surface area contributed by atoms with Crippen LogP contribution in [0.15, 0.2) is 152 Å². The predicted molar refractivity (Wildman–Crippen MR) is 174 cm³/mol. The third-order valence-corrected chi connectivity index (χ3v) is 8.00. The first-order valence-corrected chi connectivity index (χ1v) is 14.1. The van der Waals surface area contributed by atoms with E-state index in [0.29, 0.717) is 0 Å². The average molecular weight is 536 g/mol.